The molecule has 0 atom stereocenters. The Hall–Kier alpha value is 1.87. The molecule has 0 aromatic rings. The first-order valence-corrected chi connectivity index (χ1v) is 6.00. The van der Waals surface area contributed by atoms with Gasteiger partial charge in [-0.05, 0) is 0 Å². The zero-order chi connectivity index (χ0) is 13.5. The molecule has 0 saturated carbocycles. The Balaban J connectivity index is -0.0000000206. The second kappa shape index (κ2) is 17.9. The van der Waals surface area contributed by atoms with E-state index in [9.17, 15) is 0 Å². The SMILES string of the molecule is O=S(=O)([O-])[O-].O=S(=O)([O-])[O-].O=S(=O)([O-])[O-].[CaH+].[Fe+3].[Fe+3].[OH-]. The molecule has 0 aliphatic heterocycles. The fourth-order valence-corrected chi connectivity index (χ4v) is 0. The second-order valence-electron chi connectivity index (χ2n) is 1.22. The zero-order valence-electron chi connectivity index (χ0n) is 8.28. The molecule has 19 heteroatoms. The van der Waals surface area contributed by atoms with E-state index in [4.69, 9.17) is 52.6 Å². The molecule has 0 spiro atoms. The molecule has 0 aromatic carbocycles. The Morgan fingerprint density at radius 3 is 0.474 bits per heavy atom. The number of hydrogen-bond donors (Lipinski definition) is 0. The Bertz CT molecular complexity index is 347. The van der Waals surface area contributed by atoms with Gasteiger partial charge in [-0.3, -0.25) is 25.3 Å². The maximum absolute atomic E-state index is 8.52. The first-order valence-electron chi connectivity index (χ1n) is 2.00. The van der Waals surface area contributed by atoms with Crippen LogP contribution in [0.15, 0.2) is 0 Å². The monoisotopic (exact) mass is 458 g/mol. The van der Waals surface area contributed by atoms with Gasteiger partial charge in [0, 0.05) is 31.2 Å². The van der Waals surface area contributed by atoms with Crippen molar-refractivity contribution in [2.45, 2.75) is 0 Å². The summed E-state index contributed by atoms with van der Waals surface area (Å²) < 4.78 is 102. The van der Waals surface area contributed by atoms with Crippen molar-refractivity contribution in [2.24, 2.45) is 0 Å². The van der Waals surface area contributed by atoms with Gasteiger partial charge in [0.05, 0.1) is 0 Å². The molecule has 1 N–H and O–H groups in total. The molecule has 13 nitrogen and oxygen atoms in total. The van der Waals surface area contributed by atoms with E-state index >= 15 is 0 Å². The average molecular weight is 458 g/mol. The van der Waals surface area contributed by atoms with Gasteiger partial charge in [0.25, 0.3) is 0 Å². The van der Waals surface area contributed by atoms with Crippen LogP contribution < -0.4 is 0 Å². The van der Waals surface area contributed by atoms with Gasteiger partial charge < -0.3 is 32.8 Å². The third-order valence-electron chi connectivity index (χ3n) is 0. The normalized spacial score (nSPS) is 9.16. The van der Waals surface area contributed by atoms with E-state index in [2.05, 4.69) is 0 Å². The van der Waals surface area contributed by atoms with Crippen molar-refractivity contribution in [3.8, 4) is 0 Å². The van der Waals surface area contributed by atoms with Crippen molar-refractivity contribution < 1.29 is 92.2 Å². The molecule has 19 heavy (non-hydrogen) atoms. The van der Waals surface area contributed by atoms with E-state index in [0.717, 1.165) is 0 Å². The minimum absolute atomic E-state index is 0. The van der Waals surface area contributed by atoms with Crippen LogP contribution in [0.1, 0.15) is 0 Å². The molecule has 0 rings (SSSR count). The molecule has 0 amide bonds. The Morgan fingerprint density at radius 2 is 0.474 bits per heavy atom. The van der Waals surface area contributed by atoms with Gasteiger partial charge in [-0.15, -0.1) is 0 Å². The molecule has 116 valence electrons. The van der Waals surface area contributed by atoms with E-state index in [1.165, 1.54) is 0 Å². The topological polar surface area (TPSA) is 271 Å². The van der Waals surface area contributed by atoms with Crippen LogP contribution in [0.3, 0.4) is 0 Å². The van der Waals surface area contributed by atoms with Crippen LogP contribution in [0, 0.1) is 0 Å². The predicted octanol–water partition coefficient (Wildman–Crippen LogP) is -4.84. The summed E-state index contributed by atoms with van der Waals surface area (Å²) in [7, 11) is -15.5. The van der Waals surface area contributed by atoms with Crippen LogP contribution in [0.2, 0.25) is 0 Å². The summed E-state index contributed by atoms with van der Waals surface area (Å²) in [4.78, 5) is 0. The van der Waals surface area contributed by atoms with Crippen molar-refractivity contribution in [3.63, 3.8) is 0 Å². The van der Waals surface area contributed by atoms with Crippen molar-refractivity contribution in [3.05, 3.63) is 0 Å². The summed E-state index contributed by atoms with van der Waals surface area (Å²) in [5.74, 6) is 0. The van der Waals surface area contributed by atoms with Gasteiger partial charge in [0.2, 0.25) is 0 Å². The van der Waals surface area contributed by atoms with E-state index in [1.54, 1.807) is 0 Å². The Morgan fingerprint density at radius 1 is 0.474 bits per heavy atom. The minimum Gasteiger partial charge on any atom is -0.870 e. The van der Waals surface area contributed by atoms with Gasteiger partial charge in [0.1, 0.15) is 0 Å². The van der Waals surface area contributed by atoms with E-state index < -0.39 is 31.2 Å². The van der Waals surface area contributed by atoms with Crippen LogP contribution in [-0.2, 0) is 65.3 Å². The largest absolute Gasteiger partial charge is 3.00 e. The average Bonchev–Trinajstić information content (AvgIpc) is 1.41. The van der Waals surface area contributed by atoms with Crippen LogP contribution in [0.4, 0.5) is 0 Å². The molecule has 0 aromatic heterocycles. The summed E-state index contributed by atoms with van der Waals surface area (Å²) >= 11 is 0. The molecule has 0 aliphatic carbocycles. The maximum atomic E-state index is 8.52. The van der Waals surface area contributed by atoms with Crippen LogP contribution in [-0.4, -0.2) is 95.8 Å². The molecule has 2 radical (unpaired) electrons. The zero-order valence-corrected chi connectivity index (χ0v) is 16.1. The number of rotatable bonds is 0. The summed E-state index contributed by atoms with van der Waals surface area (Å²) in [5.41, 5.74) is 0. The standard InChI is InChI=1S/Ca.2Fe.3H2O4S.H2O.H/c;;;3*1-5(2,3)4;;/h;;;3*(H2,1,2,3,4);1H2;/q+1;2*+3;;;;;/p-7. The molecule has 0 saturated heterocycles. The van der Waals surface area contributed by atoms with Crippen molar-refractivity contribution >= 4 is 68.9 Å². The van der Waals surface area contributed by atoms with Gasteiger partial charge in [-0.2, -0.15) is 0 Å². The van der Waals surface area contributed by atoms with Crippen molar-refractivity contribution in [1.29, 1.82) is 0 Å². The van der Waals surface area contributed by atoms with Crippen LogP contribution in [0.5, 0.6) is 0 Å². The van der Waals surface area contributed by atoms with Crippen LogP contribution in [0.25, 0.3) is 0 Å². The smallest absolute Gasteiger partial charge is 0.870 e. The quantitative estimate of drug-likeness (QED) is 0.187. The first-order chi connectivity index (χ1) is 6.00. The molecule has 0 fully saturated rings. The molecule has 0 aliphatic rings. The summed E-state index contributed by atoms with van der Waals surface area (Å²) in [6.45, 7) is 0. The van der Waals surface area contributed by atoms with Gasteiger partial charge in [-0.25, -0.2) is 0 Å². The third-order valence-corrected chi connectivity index (χ3v) is 0. The summed E-state index contributed by atoms with van der Waals surface area (Å²) in [6, 6.07) is 0. The van der Waals surface area contributed by atoms with Crippen molar-refractivity contribution in [2.75, 3.05) is 0 Å². The predicted molar refractivity (Wildman–Crippen MR) is 40.5 cm³/mol. The van der Waals surface area contributed by atoms with E-state index in [-0.39, 0.29) is 77.4 Å². The summed E-state index contributed by atoms with van der Waals surface area (Å²) in [6.07, 6.45) is 0. The van der Waals surface area contributed by atoms with Gasteiger partial charge in [-0.1, -0.05) is 0 Å². The summed E-state index contributed by atoms with van der Waals surface area (Å²) in [5, 5.41) is 0. The molecular formula is H2CaFe2O13S3. The minimum atomic E-state index is -5.17. The van der Waals surface area contributed by atoms with Crippen LogP contribution >= 0.6 is 0 Å². The molecule has 0 heterocycles. The van der Waals surface area contributed by atoms with E-state index in [0.29, 0.717) is 0 Å². The maximum Gasteiger partial charge on any atom is 3.00 e. The molecular weight excluding hydrogens is 456 g/mol. The Labute approximate surface area is 159 Å². The van der Waals surface area contributed by atoms with Gasteiger partial charge >= 0.3 is 71.9 Å². The second-order valence-corrected chi connectivity index (χ2v) is 3.67. The van der Waals surface area contributed by atoms with Gasteiger partial charge in [0.15, 0.2) is 0 Å². The third kappa shape index (κ3) is 1820. The molecule has 0 bridgehead atoms. The molecule has 0 unspecified atom stereocenters. The van der Waals surface area contributed by atoms with Crippen molar-refractivity contribution in [1.82, 2.24) is 0 Å². The first kappa shape index (κ1) is 42.8. The Kier molecular flexibility index (Phi) is 40.4. The number of hydrogen-bond acceptors (Lipinski definition) is 13. The van der Waals surface area contributed by atoms with E-state index in [1.807, 2.05) is 0 Å². The fraction of sp³-hybridized carbons (Fsp3) is 0. The fourth-order valence-electron chi connectivity index (χ4n) is 0.